The van der Waals surface area contributed by atoms with Gasteiger partial charge in [0.1, 0.15) is 0 Å². The summed E-state index contributed by atoms with van der Waals surface area (Å²) in [6.45, 7) is 10.6. The molecule has 0 aliphatic rings. The first-order chi connectivity index (χ1) is 9.38. The van der Waals surface area contributed by atoms with Gasteiger partial charge in [-0.2, -0.15) is 0 Å². The van der Waals surface area contributed by atoms with Gasteiger partial charge in [-0.3, -0.25) is 4.79 Å². The molecule has 1 unspecified atom stereocenters. The molecule has 0 radical (unpaired) electrons. The Labute approximate surface area is 135 Å². The van der Waals surface area contributed by atoms with E-state index in [1.54, 1.807) is 0 Å². The highest BCUT2D eigenvalue weighted by Crippen LogP contribution is 2.32. The van der Waals surface area contributed by atoms with Gasteiger partial charge >= 0.3 is 0 Å². The summed E-state index contributed by atoms with van der Waals surface area (Å²) in [5, 5.41) is 3.06. The summed E-state index contributed by atoms with van der Waals surface area (Å²) < 4.78 is 0. The molecule has 0 fully saturated rings. The molecule has 0 saturated carbocycles. The predicted octanol–water partition coefficient (Wildman–Crippen LogP) is 4.42. The molecule has 21 heavy (non-hydrogen) atoms. The third-order valence-corrected chi connectivity index (χ3v) is 3.56. The van der Waals surface area contributed by atoms with Crippen molar-refractivity contribution >= 4 is 24.0 Å². The van der Waals surface area contributed by atoms with Crippen LogP contribution in [0.5, 0.6) is 0 Å². The van der Waals surface area contributed by atoms with Gasteiger partial charge in [-0.25, -0.2) is 0 Å². The number of amides is 1. The van der Waals surface area contributed by atoms with E-state index in [0.717, 1.165) is 12.1 Å². The van der Waals surface area contributed by atoms with E-state index in [9.17, 15) is 4.79 Å². The molecular formula is C17H29ClN2O. The van der Waals surface area contributed by atoms with Crippen LogP contribution in [-0.2, 0) is 4.79 Å². The number of carbonyl (C=O) groups excluding carboxylic acids is 1. The number of hydrogen-bond acceptors (Lipinski definition) is 2. The first-order valence-corrected chi connectivity index (χ1v) is 7.57. The minimum absolute atomic E-state index is 0. The van der Waals surface area contributed by atoms with Crippen LogP contribution in [-0.4, -0.2) is 11.9 Å². The Bertz CT molecular complexity index is 432. The molecule has 0 aliphatic carbocycles. The van der Waals surface area contributed by atoms with Gasteiger partial charge < -0.3 is 11.1 Å². The average Bonchev–Trinajstić information content (AvgIpc) is 2.38. The van der Waals surface area contributed by atoms with E-state index in [-0.39, 0.29) is 18.3 Å². The van der Waals surface area contributed by atoms with Gasteiger partial charge in [0, 0.05) is 5.69 Å². The van der Waals surface area contributed by atoms with Crippen molar-refractivity contribution in [3.05, 3.63) is 29.3 Å². The molecule has 0 bridgehead atoms. The lowest BCUT2D eigenvalue weighted by molar-refractivity contribution is -0.117. The Balaban J connectivity index is 0.00000400. The molecule has 0 saturated heterocycles. The number of nitrogens with two attached hydrogens (primary N) is 1. The van der Waals surface area contributed by atoms with E-state index in [2.05, 4.69) is 51.2 Å². The Hall–Kier alpha value is -1.06. The molecule has 0 aromatic heterocycles. The largest absolute Gasteiger partial charge is 0.324 e. The van der Waals surface area contributed by atoms with Crippen LogP contribution in [0, 0.1) is 0 Å². The number of carbonyl (C=O) groups is 1. The van der Waals surface area contributed by atoms with E-state index in [1.165, 1.54) is 11.1 Å². The van der Waals surface area contributed by atoms with Crippen LogP contribution < -0.4 is 11.1 Å². The fourth-order valence-corrected chi connectivity index (χ4v) is 2.35. The number of nitrogens with one attached hydrogen (secondary N) is 1. The second kappa shape index (κ2) is 9.06. The van der Waals surface area contributed by atoms with Crippen LogP contribution in [0.3, 0.4) is 0 Å². The fraction of sp³-hybridized carbons (Fsp3) is 0.588. The molecule has 120 valence electrons. The minimum Gasteiger partial charge on any atom is -0.324 e. The molecule has 3 N–H and O–H groups in total. The topological polar surface area (TPSA) is 55.1 Å². The van der Waals surface area contributed by atoms with Crippen molar-refractivity contribution in [2.24, 2.45) is 5.73 Å². The molecule has 4 heteroatoms. The quantitative estimate of drug-likeness (QED) is 0.817. The summed E-state index contributed by atoms with van der Waals surface area (Å²) in [4.78, 5) is 12.2. The van der Waals surface area contributed by atoms with Gasteiger partial charge in [-0.1, -0.05) is 59.2 Å². The van der Waals surface area contributed by atoms with E-state index in [0.29, 0.717) is 18.3 Å². The van der Waals surface area contributed by atoms with E-state index in [4.69, 9.17) is 5.73 Å². The zero-order valence-electron chi connectivity index (χ0n) is 13.8. The molecular weight excluding hydrogens is 284 g/mol. The lowest BCUT2D eigenvalue weighted by atomic mass is 9.92. The normalized spacial score (nSPS) is 12.2. The monoisotopic (exact) mass is 312 g/mol. The number of hydrogen-bond donors (Lipinski definition) is 2. The second-order valence-corrected chi connectivity index (χ2v) is 6.01. The third kappa shape index (κ3) is 5.33. The molecule has 1 aromatic carbocycles. The first kappa shape index (κ1) is 19.9. The summed E-state index contributed by atoms with van der Waals surface area (Å²) >= 11 is 0. The minimum atomic E-state index is -0.430. The molecule has 1 amide bonds. The predicted molar refractivity (Wildman–Crippen MR) is 93.4 cm³/mol. The molecule has 0 aliphatic heterocycles. The van der Waals surface area contributed by atoms with E-state index >= 15 is 0 Å². The molecule has 3 nitrogen and oxygen atoms in total. The van der Waals surface area contributed by atoms with Crippen molar-refractivity contribution < 1.29 is 4.79 Å². The maximum atomic E-state index is 12.2. The van der Waals surface area contributed by atoms with Crippen molar-refractivity contribution in [3.8, 4) is 0 Å². The van der Waals surface area contributed by atoms with Gasteiger partial charge in [0.15, 0.2) is 0 Å². The van der Waals surface area contributed by atoms with Crippen molar-refractivity contribution in [2.45, 2.75) is 65.3 Å². The summed E-state index contributed by atoms with van der Waals surface area (Å²) in [6.07, 6.45) is 1.63. The van der Waals surface area contributed by atoms with Crippen LogP contribution >= 0.6 is 12.4 Å². The average molecular weight is 313 g/mol. The SMILES string of the molecule is CCCC(N)C(=O)Nc1c(C(C)C)cccc1C(C)C.Cl. The standard InChI is InChI=1S/C17H28N2O.ClH/c1-6-8-15(18)17(20)19-16-13(11(2)3)9-7-10-14(16)12(4)5;/h7,9-12,15H,6,8,18H2,1-5H3,(H,19,20);1H. The Morgan fingerprint density at radius 1 is 1.14 bits per heavy atom. The van der Waals surface area contributed by atoms with Crippen molar-refractivity contribution in [2.75, 3.05) is 5.32 Å². The van der Waals surface area contributed by atoms with Crippen LogP contribution in [0.25, 0.3) is 0 Å². The highest BCUT2D eigenvalue weighted by Gasteiger charge is 2.18. The molecule has 1 atom stereocenters. The van der Waals surface area contributed by atoms with Gasteiger partial charge in [0.2, 0.25) is 5.91 Å². The highest BCUT2D eigenvalue weighted by atomic mass is 35.5. The van der Waals surface area contributed by atoms with Gasteiger partial charge in [-0.05, 0) is 29.4 Å². The van der Waals surface area contributed by atoms with Crippen molar-refractivity contribution in [3.63, 3.8) is 0 Å². The van der Waals surface area contributed by atoms with Crippen LogP contribution in [0.15, 0.2) is 18.2 Å². The van der Waals surface area contributed by atoms with Gasteiger partial charge in [0.05, 0.1) is 6.04 Å². The number of rotatable bonds is 6. The van der Waals surface area contributed by atoms with E-state index < -0.39 is 6.04 Å². The maximum absolute atomic E-state index is 12.2. The van der Waals surface area contributed by atoms with Crippen molar-refractivity contribution in [1.29, 1.82) is 0 Å². The third-order valence-electron chi connectivity index (χ3n) is 3.56. The Morgan fingerprint density at radius 2 is 1.62 bits per heavy atom. The summed E-state index contributed by atoms with van der Waals surface area (Å²) in [5.74, 6) is 0.652. The zero-order chi connectivity index (χ0) is 15.3. The number of benzene rings is 1. The number of halogens is 1. The summed E-state index contributed by atoms with van der Waals surface area (Å²) in [6, 6.07) is 5.79. The maximum Gasteiger partial charge on any atom is 0.241 e. The molecule has 1 rings (SSSR count). The zero-order valence-corrected chi connectivity index (χ0v) is 14.6. The Kier molecular flexibility index (Phi) is 8.60. The van der Waals surface area contributed by atoms with Crippen LogP contribution in [0.4, 0.5) is 5.69 Å². The molecule has 1 aromatic rings. The van der Waals surface area contributed by atoms with Crippen LogP contribution in [0.1, 0.15) is 70.4 Å². The van der Waals surface area contributed by atoms with Crippen LogP contribution in [0.2, 0.25) is 0 Å². The highest BCUT2D eigenvalue weighted by molar-refractivity contribution is 5.96. The lowest BCUT2D eigenvalue weighted by Gasteiger charge is -2.21. The van der Waals surface area contributed by atoms with Gasteiger partial charge in [-0.15, -0.1) is 12.4 Å². The van der Waals surface area contributed by atoms with Crippen molar-refractivity contribution in [1.82, 2.24) is 0 Å². The summed E-state index contributed by atoms with van der Waals surface area (Å²) in [5.41, 5.74) is 9.22. The van der Waals surface area contributed by atoms with Gasteiger partial charge in [0.25, 0.3) is 0 Å². The summed E-state index contributed by atoms with van der Waals surface area (Å²) in [7, 11) is 0. The second-order valence-electron chi connectivity index (χ2n) is 6.01. The first-order valence-electron chi connectivity index (χ1n) is 7.57. The molecule has 0 spiro atoms. The van der Waals surface area contributed by atoms with E-state index in [1.807, 2.05) is 6.92 Å². The smallest absolute Gasteiger partial charge is 0.241 e. The number of anilines is 1. The fourth-order valence-electron chi connectivity index (χ4n) is 2.35. The lowest BCUT2D eigenvalue weighted by Crippen LogP contribution is -2.36. The number of para-hydroxylation sites is 1. The Morgan fingerprint density at radius 3 is 2.00 bits per heavy atom. The molecule has 0 heterocycles.